The van der Waals surface area contributed by atoms with E-state index < -0.39 is 97.6 Å². The largest absolute Gasteiger partial charge is 0.464 e. The SMILES string of the molecule is CC(C)(C)OC(=O)C[C@@H](C(=O)OCC[Si](C)(C)C)N(CC(=O)OC(C)(C)C)C(=O)OC(=O)c1ccc(OC(=O)c2ccc(NC(=NC(=O)OC(C)(C)C)NC(=O)OC(C)(C)C)cc2)cc1. The zero-order valence-electron chi connectivity index (χ0n) is 40.0. The van der Waals surface area contributed by atoms with E-state index in [4.69, 9.17) is 33.2 Å². The Labute approximate surface area is 381 Å². The van der Waals surface area contributed by atoms with Gasteiger partial charge in [-0.15, -0.1) is 4.99 Å². The van der Waals surface area contributed by atoms with Crippen molar-refractivity contribution in [3.8, 4) is 5.75 Å². The van der Waals surface area contributed by atoms with Crippen LogP contribution in [0.15, 0.2) is 53.5 Å². The van der Waals surface area contributed by atoms with Crippen molar-refractivity contribution >= 4 is 67.8 Å². The normalized spacial score (nSPS) is 12.7. The molecule has 0 bridgehead atoms. The Kier molecular flexibility index (Phi) is 19.0. The zero-order valence-corrected chi connectivity index (χ0v) is 41.0. The molecule has 19 nitrogen and oxygen atoms in total. The molecule has 358 valence electrons. The number of ether oxygens (including phenoxy) is 7. The fourth-order valence-electron chi connectivity index (χ4n) is 4.94. The lowest BCUT2D eigenvalue weighted by Crippen LogP contribution is -2.51. The molecule has 0 saturated carbocycles. The van der Waals surface area contributed by atoms with E-state index >= 15 is 0 Å². The summed E-state index contributed by atoms with van der Waals surface area (Å²) < 4.78 is 37.3. The number of amides is 3. The minimum atomic E-state index is -1.74. The molecule has 2 aromatic rings. The van der Waals surface area contributed by atoms with Gasteiger partial charge in [0, 0.05) is 13.8 Å². The maximum atomic E-state index is 13.7. The van der Waals surface area contributed by atoms with Gasteiger partial charge in [0.25, 0.3) is 0 Å². The Bertz CT molecular complexity index is 2070. The topological polar surface area (TPSA) is 241 Å². The summed E-state index contributed by atoms with van der Waals surface area (Å²) in [5, 5.41) is 5.14. The predicted molar refractivity (Wildman–Crippen MR) is 241 cm³/mol. The third-order valence-electron chi connectivity index (χ3n) is 7.56. The Morgan fingerprint density at radius 3 is 1.65 bits per heavy atom. The van der Waals surface area contributed by atoms with Gasteiger partial charge in [0.15, 0.2) is 0 Å². The molecule has 0 aliphatic rings. The molecular formula is C45H64N4O15Si. The first kappa shape index (κ1) is 54.8. The summed E-state index contributed by atoms with van der Waals surface area (Å²) in [5.74, 6) is -5.19. The predicted octanol–water partition coefficient (Wildman–Crippen LogP) is 8.04. The summed E-state index contributed by atoms with van der Waals surface area (Å²) in [6.45, 7) is 24.8. The highest BCUT2D eigenvalue weighted by Gasteiger charge is 2.39. The Morgan fingerprint density at radius 1 is 0.646 bits per heavy atom. The lowest BCUT2D eigenvalue weighted by Gasteiger charge is -2.30. The summed E-state index contributed by atoms with van der Waals surface area (Å²) in [5.41, 5.74) is -3.48. The standard InChI is InChI=1S/C45H64N4O15Si/c1-42(2,3)61-33(50)26-32(37(54)58-24-25-65(13,14)15)49(27-34(51)62-43(4,5)6)41(57)60-36(53)29-18-22-31(23-19-29)59-35(52)28-16-20-30(21-17-28)46-38(47-39(55)63-44(7,8)9)48-40(56)64-45(10,11)12/h16-23,32H,24-27H2,1-15H3,(H2,46,47,48,55,56)/t32-/m0/s1. The minimum Gasteiger partial charge on any atom is -0.464 e. The van der Waals surface area contributed by atoms with Gasteiger partial charge in [0.2, 0.25) is 5.96 Å². The second-order valence-electron chi connectivity index (χ2n) is 19.8. The number of aliphatic imine (C=N–C) groups is 1. The number of carbonyl (C=O) groups is 8. The summed E-state index contributed by atoms with van der Waals surface area (Å²) in [4.78, 5) is 109. The summed E-state index contributed by atoms with van der Waals surface area (Å²) in [6, 6.07) is 9.43. The van der Waals surface area contributed by atoms with Crippen LogP contribution in [0, 0.1) is 0 Å². The van der Waals surface area contributed by atoms with Crippen LogP contribution in [-0.4, -0.2) is 109 Å². The van der Waals surface area contributed by atoms with Crippen molar-refractivity contribution in [1.29, 1.82) is 0 Å². The first-order valence-electron chi connectivity index (χ1n) is 20.7. The number of alkyl carbamates (subject to hydrolysis) is 1. The van der Waals surface area contributed by atoms with Gasteiger partial charge in [0.05, 0.1) is 24.2 Å². The number of hydrogen-bond donors (Lipinski definition) is 2. The molecule has 0 heterocycles. The lowest BCUT2D eigenvalue weighted by molar-refractivity contribution is -0.165. The van der Waals surface area contributed by atoms with Crippen molar-refractivity contribution in [3.63, 3.8) is 0 Å². The van der Waals surface area contributed by atoms with Gasteiger partial charge >= 0.3 is 48.1 Å². The van der Waals surface area contributed by atoms with Gasteiger partial charge in [0.1, 0.15) is 40.7 Å². The van der Waals surface area contributed by atoms with Crippen LogP contribution in [0.1, 0.15) is 110 Å². The number of esters is 5. The van der Waals surface area contributed by atoms with Crippen molar-refractivity contribution in [2.24, 2.45) is 4.99 Å². The van der Waals surface area contributed by atoms with Crippen molar-refractivity contribution in [1.82, 2.24) is 10.2 Å². The zero-order chi connectivity index (χ0) is 49.7. The van der Waals surface area contributed by atoms with Crippen molar-refractivity contribution in [2.75, 3.05) is 18.5 Å². The van der Waals surface area contributed by atoms with Gasteiger partial charge < -0.3 is 38.5 Å². The van der Waals surface area contributed by atoms with E-state index in [0.717, 1.165) is 0 Å². The molecule has 1 atom stereocenters. The molecule has 0 aliphatic carbocycles. The van der Waals surface area contributed by atoms with E-state index in [1.54, 1.807) is 83.1 Å². The first-order valence-corrected chi connectivity index (χ1v) is 24.4. The Hall–Kier alpha value is -6.31. The number of carbonyl (C=O) groups excluding carboxylic acids is 8. The molecule has 20 heteroatoms. The summed E-state index contributed by atoms with van der Waals surface area (Å²) in [6.07, 6.45) is -4.07. The second kappa shape index (κ2) is 22.5. The fourth-order valence-corrected chi connectivity index (χ4v) is 5.66. The van der Waals surface area contributed by atoms with Gasteiger partial charge in [-0.3, -0.25) is 19.8 Å². The number of anilines is 1. The van der Waals surface area contributed by atoms with E-state index in [1.807, 2.05) is 0 Å². The van der Waals surface area contributed by atoms with Gasteiger partial charge in [-0.2, -0.15) is 0 Å². The van der Waals surface area contributed by atoms with Crippen LogP contribution < -0.4 is 15.4 Å². The highest BCUT2D eigenvalue weighted by Crippen LogP contribution is 2.21. The van der Waals surface area contributed by atoms with E-state index in [9.17, 15) is 38.4 Å². The third-order valence-corrected chi connectivity index (χ3v) is 9.26. The summed E-state index contributed by atoms with van der Waals surface area (Å²) >= 11 is 0. The van der Waals surface area contributed by atoms with Gasteiger partial charge in [-0.1, -0.05) is 19.6 Å². The average molecular weight is 929 g/mol. The molecule has 0 aliphatic heterocycles. The quantitative estimate of drug-likeness (QED) is 0.0367. The third kappa shape index (κ3) is 22.7. The fraction of sp³-hybridized carbons (Fsp3) is 0.533. The van der Waals surface area contributed by atoms with E-state index in [0.29, 0.717) is 16.6 Å². The second-order valence-corrected chi connectivity index (χ2v) is 25.5. The smallest absolute Gasteiger partial charge is 0.437 e. The van der Waals surface area contributed by atoms with Gasteiger partial charge in [-0.25, -0.2) is 28.8 Å². The van der Waals surface area contributed by atoms with E-state index in [2.05, 4.69) is 35.3 Å². The number of nitrogens with one attached hydrogen (secondary N) is 2. The number of rotatable bonds is 13. The van der Waals surface area contributed by atoms with Crippen LogP contribution in [-0.2, 0) is 42.8 Å². The molecule has 0 spiro atoms. The Morgan fingerprint density at radius 2 is 1.14 bits per heavy atom. The molecule has 2 N–H and O–H groups in total. The molecular weight excluding hydrogens is 865 g/mol. The van der Waals surface area contributed by atoms with Crippen LogP contribution in [0.5, 0.6) is 5.75 Å². The molecule has 0 fully saturated rings. The van der Waals surface area contributed by atoms with Crippen LogP contribution in [0.25, 0.3) is 0 Å². The van der Waals surface area contributed by atoms with E-state index in [-0.39, 0.29) is 29.4 Å². The number of guanidine groups is 1. The first-order chi connectivity index (χ1) is 29.6. The molecule has 2 aromatic carbocycles. The number of nitrogens with zero attached hydrogens (tertiary/aromatic N) is 2. The Balaban J connectivity index is 2.29. The molecule has 0 unspecified atom stereocenters. The monoisotopic (exact) mass is 928 g/mol. The number of benzene rings is 2. The lowest BCUT2D eigenvalue weighted by atomic mass is 10.1. The van der Waals surface area contributed by atoms with Crippen molar-refractivity contribution in [2.45, 2.75) is 144 Å². The van der Waals surface area contributed by atoms with Crippen LogP contribution in [0.2, 0.25) is 25.7 Å². The minimum absolute atomic E-state index is 0.00143. The molecule has 65 heavy (non-hydrogen) atoms. The maximum absolute atomic E-state index is 13.7. The highest BCUT2D eigenvalue weighted by molar-refractivity contribution is 6.76. The van der Waals surface area contributed by atoms with Crippen LogP contribution in [0.3, 0.4) is 0 Å². The average Bonchev–Trinajstić information content (AvgIpc) is 3.09. The van der Waals surface area contributed by atoms with Crippen LogP contribution >= 0.6 is 0 Å². The van der Waals surface area contributed by atoms with Crippen molar-refractivity contribution < 1.29 is 71.5 Å². The number of hydrogen-bond acceptors (Lipinski definition) is 15. The van der Waals surface area contributed by atoms with E-state index in [1.165, 1.54) is 48.5 Å². The molecule has 0 radical (unpaired) electrons. The van der Waals surface area contributed by atoms with Gasteiger partial charge in [-0.05, 0) is 138 Å². The molecule has 2 rings (SSSR count). The van der Waals surface area contributed by atoms with Crippen molar-refractivity contribution in [3.05, 3.63) is 59.7 Å². The summed E-state index contributed by atoms with van der Waals surface area (Å²) in [7, 11) is -1.69. The molecule has 0 aromatic heterocycles. The molecule has 3 amide bonds. The van der Waals surface area contributed by atoms with Crippen LogP contribution in [0.4, 0.5) is 20.1 Å². The maximum Gasteiger partial charge on any atom is 0.437 e. The molecule has 0 saturated heterocycles. The highest BCUT2D eigenvalue weighted by atomic mass is 28.3.